The maximum absolute atomic E-state index is 13.4. The summed E-state index contributed by atoms with van der Waals surface area (Å²) >= 11 is 0. The number of hydrogen-bond donors (Lipinski definition) is 0. The lowest BCUT2D eigenvalue weighted by Gasteiger charge is -2.40. The van der Waals surface area contributed by atoms with Gasteiger partial charge in [-0.15, -0.1) is 0 Å². The minimum Gasteiger partial charge on any atom is -0.495 e. The number of methoxy groups -OCH3 is 1. The second-order valence-electron chi connectivity index (χ2n) is 7.99. The summed E-state index contributed by atoms with van der Waals surface area (Å²) < 4.78 is 21.0. The Balaban J connectivity index is 1.45. The third kappa shape index (κ3) is 3.91. The molecule has 1 unspecified atom stereocenters. The maximum atomic E-state index is 13.4. The first-order valence-corrected chi connectivity index (χ1v) is 10.7. The van der Waals surface area contributed by atoms with E-state index >= 15 is 0 Å². The van der Waals surface area contributed by atoms with Gasteiger partial charge in [-0.3, -0.25) is 9.83 Å². The van der Waals surface area contributed by atoms with Crippen molar-refractivity contribution in [3.63, 3.8) is 0 Å². The molecule has 0 aliphatic carbocycles. The first kappa shape index (κ1) is 20.5. The van der Waals surface area contributed by atoms with Gasteiger partial charge in [0, 0.05) is 19.2 Å². The molecule has 1 saturated heterocycles. The SMILES string of the molecule is COc1cc(/C=C2/CCON3C2=NCCC3c2ccc(F)cc2)ccc1-n1cnc(C)c1. The molecular weight excluding hydrogens is 407 g/mol. The zero-order valence-corrected chi connectivity index (χ0v) is 18.2. The predicted molar refractivity (Wildman–Crippen MR) is 121 cm³/mol. The summed E-state index contributed by atoms with van der Waals surface area (Å²) in [6.07, 6.45) is 7.51. The van der Waals surface area contributed by atoms with Crippen LogP contribution in [-0.4, -0.2) is 40.7 Å². The van der Waals surface area contributed by atoms with Gasteiger partial charge in [-0.05, 0) is 60.4 Å². The Morgan fingerprint density at radius 2 is 2.03 bits per heavy atom. The molecule has 2 aromatic carbocycles. The summed E-state index contributed by atoms with van der Waals surface area (Å²) in [6.45, 7) is 3.24. The van der Waals surface area contributed by atoms with Crippen LogP contribution in [0.5, 0.6) is 5.75 Å². The van der Waals surface area contributed by atoms with Crippen molar-refractivity contribution in [3.05, 3.63) is 83.2 Å². The van der Waals surface area contributed by atoms with Crippen LogP contribution in [0.4, 0.5) is 4.39 Å². The van der Waals surface area contributed by atoms with E-state index in [1.54, 1.807) is 13.4 Å². The van der Waals surface area contributed by atoms with E-state index in [0.717, 1.165) is 52.5 Å². The molecule has 0 spiro atoms. The van der Waals surface area contributed by atoms with Crippen molar-refractivity contribution in [2.24, 2.45) is 4.99 Å². The second-order valence-corrected chi connectivity index (χ2v) is 7.99. The van der Waals surface area contributed by atoms with Crippen LogP contribution in [0.1, 0.15) is 35.7 Å². The van der Waals surface area contributed by atoms with Gasteiger partial charge >= 0.3 is 0 Å². The topological polar surface area (TPSA) is 51.9 Å². The molecule has 164 valence electrons. The Morgan fingerprint density at radius 3 is 2.78 bits per heavy atom. The Labute approximate surface area is 186 Å². The summed E-state index contributed by atoms with van der Waals surface area (Å²) in [7, 11) is 1.67. The lowest BCUT2D eigenvalue weighted by molar-refractivity contribution is -0.141. The number of amidine groups is 1. The number of hydroxylamine groups is 2. The first-order valence-electron chi connectivity index (χ1n) is 10.7. The van der Waals surface area contributed by atoms with Crippen LogP contribution >= 0.6 is 0 Å². The van der Waals surface area contributed by atoms with Gasteiger partial charge < -0.3 is 9.30 Å². The number of hydrogen-bond acceptors (Lipinski definition) is 5. The van der Waals surface area contributed by atoms with Crippen LogP contribution in [0.3, 0.4) is 0 Å². The van der Waals surface area contributed by atoms with Crippen molar-refractivity contribution in [2.45, 2.75) is 25.8 Å². The molecule has 1 aromatic heterocycles. The average molecular weight is 432 g/mol. The van der Waals surface area contributed by atoms with E-state index in [1.165, 1.54) is 12.1 Å². The number of fused-ring (bicyclic) bond motifs is 1. The minimum absolute atomic E-state index is 0.0215. The number of aryl methyl sites for hydroxylation is 1. The minimum atomic E-state index is -0.234. The summed E-state index contributed by atoms with van der Waals surface area (Å²) in [5.74, 6) is 1.39. The highest BCUT2D eigenvalue weighted by Gasteiger charge is 2.32. The van der Waals surface area contributed by atoms with E-state index in [2.05, 4.69) is 17.1 Å². The Bertz CT molecular complexity index is 1180. The van der Waals surface area contributed by atoms with Crippen LogP contribution in [-0.2, 0) is 4.84 Å². The highest BCUT2D eigenvalue weighted by molar-refractivity contribution is 6.02. The standard InChI is InChI=1S/C25H25FN4O2/c1-17-15-29(16-28-17)23-8-3-18(14-24(23)31-2)13-20-10-12-32-30-22(9-11-27-25(20)30)19-4-6-21(26)7-5-19/h3-8,13-16,22H,9-12H2,1-2H3/b20-13-. The average Bonchev–Trinajstić information content (AvgIpc) is 3.25. The molecule has 6 nitrogen and oxygen atoms in total. The maximum Gasteiger partial charge on any atom is 0.151 e. The van der Waals surface area contributed by atoms with Gasteiger partial charge in [-0.1, -0.05) is 18.2 Å². The molecule has 2 aliphatic rings. The van der Waals surface area contributed by atoms with Gasteiger partial charge in [0.1, 0.15) is 11.6 Å². The van der Waals surface area contributed by atoms with Crippen molar-refractivity contribution >= 4 is 11.9 Å². The molecule has 1 fully saturated rings. The fraction of sp³-hybridized carbons (Fsp3) is 0.280. The normalized spacial score (nSPS) is 19.6. The largest absolute Gasteiger partial charge is 0.495 e. The van der Waals surface area contributed by atoms with Gasteiger partial charge in [0.15, 0.2) is 5.84 Å². The van der Waals surface area contributed by atoms with Crippen LogP contribution in [0.2, 0.25) is 0 Å². The van der Waals surface area contributed by atoms with Crippen molar-refractivity contribution in [1.29, 1.82) is 0 Å². The van der Waals surface area contributed by atoms with E-state index in [0.29, 0.717) is 13.2 Å². The highest BCUT2D eigenvalue weighted by atomic mass is 19.1. The Kier molecular flexibility index (Phi) is 5.49. The molecule has 0 amide bonds. The zero-order valence-electron chi connectivity index (χ0n) is 18.2. The van der Waals surface area contributed by atoms with Gasteiger partial charge in [-0.2, -0.15) is 0 Å². The molecule has 7 heteroatoms. The Hall–Kier alpha value is -3.45. The molecule has 0 radical (unpaired) electrons. The summed E-state index contributed by atoms with van der Waals surface area (Å²) in [5.41, 5.74) is 5.07. The summed E-state index contributed by atoms with van der Waals surface area (Å²) in [6, 6.07) is 12.8. The summed E-state index contributed by atoms with van der Waals surface area (Å²) in [4.78, 5) is 15.1. The quantitative estimate of drug-likeness (QED) is 0.589. The van der Waals surface area contributed by atoms with Gasteiger partial charge in [0.05, 0.1) is 37.5 Å². The number of halogens is 1. The fourth-order valence-corrected chi connectivity index (χ4v) is 4.26. The van der Waals surface area contributed by atoms with Crippen LogP contribution in [0, 0.1) is 12.7 Å². The fourth-order valence-electron chi connectivity index (χ4n) is 4.26. The van der Waals surface area contributed by atoms with E-state index in [1.807, 2.05) is 47.0 Å². The monoisotopic (exact) mass is 432 g/mol. The molecule has 32 heavy (non-hydrogen) atoms. The smallest absolute Gasteiger partial charge is 0.151 e. The van der Waals surface area contributed by atoms with E-state index in [4.69, 9.17) is 14.6 Å². The molecule has 0 saturated carbocycles. The molecule has 0 N–H and O–H groups in total. The first-order chi connectivity index (χ1) is 15.6. The van der Waals surface area contributed by atoms with E-state index in [-0.39, 0.29) is 11.9 Å². The van der Waals surface area contributed by atoms with Crippen LogP contribution in [0.25, 0.3) is 11.8 Å². The van der Waals surface area contributed by atoms with Crippen LogP contribution in [0.15, 0.2) is 65.6 Å². The van der Waals surface area contributed by atoms with Crippen molar-refractivity contribution in [1.82, 2.24) is 14.6 Å². The van der Waals surface area contributed by atoms with Gasteiger partial charge in [0.25, 0.3) is 0 Å². The number of aromatic nitrogens is 2. The number of rotatable bonds is 4. The number of imidazole rings is 1. The predicted octanol–water partition coefficient (Wildman–Crippen LogP) is 4.89. The third-order valence-corrected chi connectivity index (χ3v) is 5.83. The van der Waals surface area contributed by atoms with Gasteiger partial charge in [-0.25, -0.2) is 14.4 Å². The molecule has 5 rings (SSSR count). The summed E-state index contributed by atoms with van der Waals surface area (Å²) in [5, 5.41) is 1.89. The number of ether oxygens (including phenoxy) is 1. The van der Waals surface area contributed by atoms with Gasteiger partial charge in [0.2, 0.25) is 0 Å². The van der Waals surface area contributed by atoms with E-state index < -0.39 is 0 Å². The Morgan fingerprint density at radius 1 is 1.19 bits per heavy atom. The molecule has 0 bridgehead atoms. The lowest BCUT2D eigenvalue weighted by Crippen LogP contribution is -2.43. The highest BCUT2D eigenvalue weighted by Crippen LogP contribution is 2.34. The number of benzene rings is 2. The van der Waals surface area contributed by atoms with E-state index in [9.17, 15) is 4.39 Å². The lowest BCUT2D eigenvalue weighted by atomic mass is 9.98. The van der Waals surface area contributed by atoms with Crippen LogP contribution < -0.4 is 4.74 Å². The molecule has 3 heterocycles. The number of aliphatic imine (C=N–C) groups is 1. The molecular formula is C25H25FN4O2. The zero-order chi connectivity index (χ0) is 22.1. The molecule has 1 atom stereocenters. The number of nitrogens with zero attached hydrogens (tertiary/aromatic N) is 4. The van der Waals surface area contributed by atoms with Crippen molar-refractivity contribution in [3.8, 4) is 11.4 Å². The molecule has 2 aliphatic heterocycles. The second kappa shape index (κ2) is 8.59. The van der Waals surface area contributed by atoms with Crippen molar-refractivity contribution in [2.75, 3.05) is 20.3 Å². The molecule has 3 aromatic rings. The third-order valence-electron chi connectivity index (χ3n) is 5.83. The van der Waals surface area contributed by atoms with Crippen molar-refractivity contribution < 1.29 is 14.0 Å².